The van der Waals surface area contributed by atoms with Crippen LogP contribution in [0.5, 0.6) is 11.5 Å². The first kappa shape index (κ1) is 26.0. The lowest BCUT2D eigenvalue weighted by Gasteiger charge is -2.27. The van der Waals surface area contributed by atoms with Gasteiger partial charge in [-0.15, -0.1) is 0 Å². The van der Waals surface area contributed by atoms with Gasteiger partial charge >= 0.3 is 12.0 Å². The molecule has 0 fully saturated rings. The molecule has 184 valence electrons. The van der Waals surface area contributed by atoms with Crippen molar-refractivity contribution in [2.45, 2.75) is 6.54 Å². The zero-order chi connectivity index (χ0) is 25.9. The van der Waals surface area contributed by atoms with Gasteiger partial charge in [0.2, 0.25) is 6.41 Å². The van der Waals surface area contributed by atoms with E-state index in [2.05, 4.69) is 15.0 Å². The van der Waals surface area contributed by atoms with Gasteiger partial charge < -0.3 is 19.7 Å². The number of hydrogen-bond donors (Lipinski definition) is 1. The van der Waals surface area contributed by atoms with E-state index in [9.17, 15) is 14.4 Å². The third-order valence-corrected chi connectivity index (χ3v) is 5.11. The molecule has 10 nitrogen and oxygen atoms in total. The van der Waals surface area contributed by atoms with Gasteiger partial charge in [-0.3, -0.25) is 9.69 Å². The standard InChI is InChI=1S/C25H22ClN5O5/c1-35-24(33)23-14-22(10-12-28-23)36-21-8-6-20(7-9-21)29-16-31(25(34)30(17-32)13-11-27)15-18-2-4-19(26)5-3-18/h2-10,12,14,17,29H,13,15-16H2,1H3. The lowest BCUT2D eigenvalue weighted by atomic mass is 10.2. The van der Waals surface area contributed by atoms with Crippen LogP contribution in [-0.2, 0) is 16.1 Å². The number of nitriles is 1. The predicted octanol–water partition coefficient (Wildman–Crippen LogP) is 4.29. The van der Waals surface area contributed by atoms with Crippen molar-refractivity contribution in [1.29, 1.82) is 5.26 Å². The molecule has 0 aliphatic carbocycles. The van der Waals surface area contributed by atoms with E-state index in [1.165, 1.54) is 24.3 Å². The molecule has 0 aliphatic rings. The third-order valence-electron chi connectivity index (χ3n) is 4.86. The lowest BCUT2D eigenvalue weighted by Crippen LogP contribution is -2.44. The lowest BCUT2D eigenvalue weighted by molar-refractivity contribution is -0.115. The van der Waals surface area contributed by atoms with Crippen LogP contribution in [0.3, 0.4) is 0 Å². The summed E-state index contributed by atoms with van der Waals surface area (Å²) in [5.74, 6) is 0.357. The maximum absolute atomic E-state index is 12.9. The highest BCUT2D eigenvalue weighted by atomic mass is 35.5. The van der Waals surface area contributed by atoms with Crippen LogP contribution < -0.4 is 10.1 Å². The predicted molar refractivity (Wildman–Crippen MR) is 131 cm³/mol. The number of nitrogens with zero attached hydrogens (tertiary/aromatic N) is 4. The minimum Gasteiger partial charge on any atom is -0.464 e. The molecule has 0 aliphatic heterocycles. The summed E-state index contributed by atoms with van der Waals surface area (Å²) >= 11 is 5.94. The number of halogens is 1. The molecule has 0 spiro atoms. The first-order valence-electron chi connectivity index (χ1n) is 10.6. The van der Waals surface area contributed by atoms with Crippen LogP contribution in [0.2, 0.25) is 5.02 Å². The van der Waals surface area contributed by atoms with Crippen molar-refractivity contribution < 1.29 is 23.9 Å². The number of benzene rings is 2. The van der Waals surface area contributed by atoms with Crippen molar-refractivity contribution in [2.24, 2.45) is 0 Å². The molecule has 0 unspecified atom stereocenters. The highest BCUT2D eigenvalue weighted by Crippen LogP contribution is 2.23. The molecule has 1 N–H and O–H groups in total. The molecule has 3 aromatic rings. The zero-order valence-electron chi connectivity index (χ0n) is 19.3. The van der Waals surface area contributed by atoms with E-state index in [0.717, 1.165) is 10.5 Å². The van der Waals surface area contributed by atoms with Gasteiger partial charge in [-0.25, -0.2) is 14.6 Å². The monoisotopic (exact) mass is 507 g/mol. The Morgan fingerprint density at radius 1 is 1.11 bits per heavy atom. The summed E-state index contributed by atoms with van der Waals surface area (Å²) in [6.45, 7) is -0.118. The molecule has 11 heteroatoms. The number of pyridine rings is 1. The van der Waals surface area contributed by atoms with Crippen LogP contribution in [0.15, 0.2) is 66.9 Å². The van der Waals surface area contributed by atoms with Crippen LogP contribution in [0.4, 0.5) is 10.5 Å². The number of nitrogens with one attached hydrogen (secondary N) is 1. The maximum atomic E-state index is 12.9. The molecule has 0 radical (unpaired) electrons. The molecule has 3 amide bonds. The molecule has 0 atom stereocenters. The van der Waals surface area contributed by atoms with Gasteiger partial charge in [0.05, 0.1) is 19.8 Å². The molecule has 2 aromatic carbocycles. The number of imide groups is 1. The number of carbonyl (C=O) groups is 3. The fraction of sp³-hybridized carbons (Fsp3) is 0.160. The number of esters is 1. The Kier molecular flexibility index (Phi) is 9.19. The Labute approximate surface area is 212 Å². The van der Waals surface area contributed by atoms with Crippen LogP contribution >= 0.6 is 11.6 Å². The molecule has 1 aromatic heterocycles. The van der Waals surface area contributed by atoms with Gasteiger partial charge in [0.25, 0.3) is 0 Å². The molecule has 1 heterocycles. The molecule has 3 rings (SSSR count). The first-order chi connectivity index (χ1) is 17.4. The Balaban J connectivity index is 1.68. The summed E-state index contributed by atoms with van der Waals surface area (Å²) in [7, 11) is 1.27. The number of rotatable bonds is 10. The van der Waals surface area contributed by atoms with E-state index in [-0.39, 0.29) is 25.5 Å². The minimum atomic E-state index is -0.618. The number of amides is 3. The largest absolute Gasteiger partial charge is 0.464 e. The normalized spacial score (nSPS) is 10.0. The van der Waals surface area contributed by atoms with Gasteiger partial charge in [-0.05, 0) is 48.0 Å². The summed E-state index contributed by atoms with van der Waals surface area (Å²) in [5.41, 5.74) is 1.60. The number of methoxy groups -OCH3 is 1. The van der Waals surface area contributed by atoms with E-state index in [4.69, 9.17) is 21.6 Å². The first-order valence-corrected chi connectivity index (χ1v) is 11.0. The van der Waals surface area contributed by atoms with Crippen LogP contribution in [0.1, 0.15) is 16.1 Å². The summed E-state index contributed by atoms with van der Waals surface area (Å²) < 4.78 is 10.4. The maximum Gasteiger partial charge on any atom is 0.356 e. The molecule has 0 bridgehead atoms. The highest BCUT2D eigenvalue weighted by Gasteiger charge is 2.21. The fourth-order valence-electron chi connectivity index (χ4n) is 3.06. The summed E-state index contributed by atoms with van der Waals surface area (Å²) in [5, 5.41) is 12.6. The SMILES string of the molecule is COC(=O)c1cc(Oc2ccc(NCN(Cc3ccc(Cl)cc3)C(=O)N(C=O)CC#N)cc2)ccn1. The van der Waals surface area contributed by atoms with Crippen LogP contribution in [0.25, 0.3) is 0 Å². The second kappa shape index (κ2) is 12.7. The van der Waals surface area contributed by atoms with E-state index in [0.29, 0.717) is 28.6 Å². The summed E-state index contributed by atoms with van der Waals surface area (Å²) in [4.78, 5) is 42.0. The van der Waals surface area contributed by atoms with Crippen LogP contribution in [-0.4, -0.2) is 53.5 Å². The van der Waals surface area contributed by atoms with Crippen molar-refractivity contribution in [3.8, 4) is 17.6 Å². The number of aromatic nitrogens is 1. The fourth-order valence-corrected chi connectivity index (χ4v) is 3.19. The number of carbonyl (C=O) groups excluding carboxylic acids is 3. The minimum absolute atomic E-state index is 0.0598. The highest BCUT2D eigenvalue weighted by molar-refractivity contribution is 6.30. The van der Waals surface area contributed by atoms with Gasteiger partial charge in [0.1, 0.15) is 18.0 Å². The summed E-state index contributed by atoms with van der Waals surface area (Å²) in [6, 6.07) is 18.1. The van der Waals surface area contributed by atoms with E-state index < -0.39 is 12.0 Å². The second-order valence-electron chi connectivity index (χ2n) is 7.33. The van der Waals surface area contributed by atoms with Gasteiger partial charge in [0, 0.05) is 29.5 Å². The zero-order valence-corrected chi connectivity index (χ0v) is 20.0. The second-order valence-corrected chi connectivity index (χ2v) is 7.76. The van der Waals surface area contributed by atoms with Crippen molar-refractivity contribution >= 4 is 35.7 Å². The number of ether oxygens (including phenoxy) is 2. The van der Waals surface area contributed by atoms with Crippen molar-refractivity contribution in [1.82, 2.24) is 14.8 Å². The Hall–Kier alpha value is -4.62. The van der Waals surface area contributed by atoms with E-state index >= 15 is 0 Å². The average Bonchev–Trinajstić information content (AvgIpc) is 2.91. The van der Waals surface area contributed by atoms with Crippen molar-refractivity contribution in [2.75, 3.05) is 25.6 Å². The molecular weight excluding hydrogens is 486 g/mol. The van der Waals surface area contributed by atoms with Crippen LogP contribution in [0, 0.1) is 11.3 Å². The van der Waals surface area contributed by atoms with Gasteiger partial charge in [0.15, 0.2) is 5.69 Å². The number of hydrogen-bond acceptors (Lipinski definition) is 8. The summed E-state index contributed by atoms with van der Waals surface area (Å²) in [6.07, 6.45) is 1.77. The Morgan fingerprint density at radius 3 is 2.47 bits per heavy atom. The van der Waals surface area contributed by atoms with Gasteiger partial charge in [-0.1, -0.05) is 23.7 Å². The van der Waals surface area contributed by atoms with E-state index in [1.807, 2.05) is 0 Å². The van der Waals surface area contributed by atoms with Crippen molar-refractivity contribution in [3.05, 3.63) is 83.1 Å². The Bertz CT molecular complexity index is 1240. The van der Waals surface area contributed by atoms with Crippen molar-refractivity contribution in [3.63, 3.8) is 0 Å². The average molecular weight is 508 g/mol. The molecular formula is C25H22ClN5O5. The number of anilines is 1. The topological polar surface area (TPSA) is 125 Å². The van der Waals surface area contributed by atoms with Gasteiger partial charge in [-0.2, -0.15) is 5.26 Å². The third kappa shape index (κ3) is 7.19. The van der Waals surface area contributed by atoms with E-state index in [1.54, 1.807) is 60.7 Å². The molecule has 36 heavy (non-hydrogen) atoms. The number of urea groups is 1. The quantitative estimate of drug-likeness (QED) is 0.186. The molecule has 0 saturated carbocycles. The molecule has 0 saturated heterocycles. The smallest absolute Gasteiger partial charge is 0.356 e. The Morgan fingerprint density at radius 2 is 1.83 bits per heavy atom.